The average molecular weight is 275 g/mol. The maximum Gasteiger partial charge on any atom is 0.884 e. The second kappa shape index (κ2) is 4.54. The van der Waals surface area contributed by atoms with E-state index in [0.29, 0.717) is 11.3 Å². The summed E-state index contributed by atoms with van der Waals surface area (Å²) < 4.78 is 10.7. The Morgan fingerprint density at radius 1 is 0.947 bits per heavy atom. The maximum atomic E-state index is 12.0. The van der Waals surface area contributed by atoms with Crippen LogP contribution in [0.25, 0.3) is 0 Å². The summed E-state index contributed by atoms with van der Waals surface area (Å²) >= 11 is -0.732. The van der Waals surface area contributed by atoms with Crippen LogP contribution in [0.2, 0.25) is 0 Å². The van der Waals surface area contributed by atoms with Gasteiger partial charge in [0.05, 0.1) is 5.56 Å². The van der Waals surface area contributed by atoms with Crippen molar-refractivity contribution < 1.29 is 12.4 Å². The molecule has 1 aliphatic rings. The molecule has 1 aromatic carbocycles. The fourth-order valence-corrected chi connectivity index (χ4v) is 2.69. The molecule has 1 radical (unpaired) electrons. The highest BCUT2D eigenvalue weighted by molar-refractivity contribution is 6.27. The summed E-state index contributed by atoms with van der Waals surface area (Å²) in [7, 11) is 0. The first-order valence-corrected chi connectivity index (χ1v) is 7.43. The minimum absolute atomic E-state index is 0.0143. The van der Waals surface area contributed by atoms with E-state index < -0.39 is 15.9 Å². The van der Waals surface area contributed by atoms with Crippen LogP contribution < -0.4 is 3.79 Å². The van der Waals surface area contributed by atoms with Crippen LogP contribution >= 0.6 is 0 Å². The fourth-order valence-electron chi connectivity index (χ4n) is 2.08. The molecular formula is C15H20AlO3. The Labute approximate surface area is 121 Å². The van der Waals surface area contributed by atoms with E-state index in [1.807, 2.05) is 6.07 Å². The number of hydrogen-bond acceptors (Lipinski definition) is 3. The van der Waals surface area contributed by atoms with E-state index in [9.17, 15) is 4.79 Å². The number of carbonyl (C=O) groups excluding carboxylic acids is 1. The zero-order valence-electron chi connectivity index (χ0n) is 12.5. The Balaban J connectivity index is 2.72. The van der Waals surface area contributed by atoms with Crippen LogP contribution in [-0.2, 0) is 14.6 Å². The summed E-state index contributed by atoms with van der Waals surface area (Å²) in [6.45, 7) is 12.8. The third-order valence-corrected chi connectivity index (χ3v) is 3.95. The van der Waals surface area contributed by atoms with Gasteiger partial charge < -0.3 is 7.58 Å². The van der Waals surface area contributed by atoms with Crippen LogP contribution in [-0.4, -0.2) is 21.9 Å². The van der Waals surface area contributed by atoms with E-state index in [0.717, 1.165) is 11.1 Å². The summed E-state index contributed by atoms with van der Waals surface area (Å²) in [6, 6.07) is 4.07. The molecule has 0 atom stereocenters. The zero-order valence-corrected chi connectivity index (χ0v) is 13.6. The maximum absolute atomic E-state index is 12.0. The van der Waals surface area contributed by atoms with Crippen molar-refractivity contribution in [1.29, 1.82) is 0 Å². The van der Waals surface area contributed by atoms with Crippen molar-refractivity contribution in [2.24, 2.45) is 0 Å². The van der Waals surface area contributed by atoms with Gasteiger partial charge in [-0.2, -0.15) is 0 Å². The summed E-state index contributed by atoms with van der Waals surface area (Å²) in [5, 5.41) is 0. The third kappa shape index (κ3) is 2.80. The van der Waals surface area contributed by atoms with E-state index in [1.54, 1.807) is 0 Å². The molecule has 1 aromatic rings. The zero-order chi connectivity index (χ0) is 14.4. The van der Waals surface area contributed by atoms with Gasteiger partial charge in [-0.1, -0.05) is 47.6 Å². The smallest absolute Gasteiger partial charge is 0.615 e. The van der Waals surface area contributed by atoms with Crippen molar-refractivity contribution in [3.63, 3.8) is 0 Å². The first-order valence-electron chi connectivity index (χ1n) is 6.49. The van der Waals surface area contributed by atoms with Gasteiger partial charge in [0, 0.05) is 0 Å². The summed E-state index contributed by atoms with van der Waals surface area (Å²) in [4.78, 5) is 12.0. The lowest BCUT2D eigenvalue weighted by atomic mass is 9.79. The summed E-state index contributed by atoms with van der Waals surface area (Å²) in [5.74, 6) is 0.458. The van der Waals surface area contributed by atoms with Gasteiger partial charge in [0.15, 0.2) is 0 Å². The van der Waals surface area contributed by atoms with E-state index in [2.05, 4.69) is 47.6 Å². The van der Waals surface area contributed by atoms with Gasteiger partial charge in [0.2, 0.25) is 0 Å². The predicted molar refractivity (Wildman–Crippen MR) is 75.6 cm³/mol. The molecule has 1 heterocycles. The molecule has 0 saturated heterocycles. The lowest BCUT2D eigenvalue weighted by Crippen LogP contribution is -2.27. The minimum Gasteiger partial charge on any atom is -0.615 e. The molecule has 0 saturated carbocycles. The summed E-state index contributed by atoms with van der Waals surface area (Å²) in [6.07, 6.45) is 0. The Bertz CT molecular complexity index is 521. The highest BCUT2D eigenvalue weighted by atomic mass is 27.2. The quantitative estimate of drug-likeness (QED) is 0.681. The van der Waals surface area contributed by atoms with Crippen molar-refractivity contribution in [3.8, 4) is 5.75 Å². The Hall–Kier alpha value is -0.978. The van der Waals surface area contributed by atoms with Crippen LogP contribution in [0.15, 0.2) is 12.1 Å². The van der Waals surface area contributed by atoms with Gasteiger partial charge >= 0.3 is 21.9 Å². The largest absolute Gasteiger partial charge is 0.884 e. The SMILES string of the molecule is CC(C)(C)c1cc2c(c(C(C)(C)C)c1)[O][Al][O]C2=O. The first kappa shape index (κ1) is 14.4. The van der Waals surface area contributed by atoms with E-state index in [4.69, 9.17) is 7.58 Å². The van der Waals surface area contributed by atoms with Gasteiger partial charge in [-0.25, -0.2) is 4.79 Å². The molecule has 0 aromatic heterocycles. The van der Waals surface area contributed by atoms with Crippen LogP contribution in [0.1, 0.15) is 63.0 Å². The lowest BCUT2D eigenvalue weighted by Gasteiger charge is -2.31. The molecule has 0 aliphatic carbocycles. The molecule has 0 spiro atoms. The highest BCUT2D eigenvalue weighted by Gasteiger charge is 2.32. The molecular weight excluding hydrogens is 255 g/mol. The molecule has 19 heavy (non-hydrogen) atoms. The monoisotopic (exact) mass is 275 g/mol. The number of rotatable bonds is 0. The molecule has 0 N–H and O–H groups in total. The van der Waals surface area contributed by atoms with Gasteiger partial charge in [-0.15, -0.1) is 0 Å². The number of benzene rings is 1. The van der Waals surface area contributed by atoms with Crippen molar-refractivity contribution in [1.82, 2.24) is 0 Å². The van der Waals surface area contributed by atoms with Crippen LogP contribution in [0.5, 0.6) is 5.75 Å². The third-order valence-electron chi connectivity index (χ3n) is 3.30. The van der Waals surface area contributed by atoms with Crippen molar-refractivity contribution in [2.75, 3.05) is 0 Å². The molecule has 3 nitrogen and oxygen atoms in total. The number of fused-ring (bicyclic) bond motifs is 1. The number of carbonyl (C=O) groups is 1. The standard InChI is InChI=1S/C15H22O3.Al/c1-14(2,3)9-7-10(13(17)18)12(16)11(8-9)15(4,5)6;/h7-8,16H,1-6H3,(H,17,18);/q;+2/p-2. The van der Waals surface area contributed by atoms with Gasteiger partial charge in [-0.05, 0) is 28.0 Å². The van der Waals surface area contributed by atoms with Crippen LogP contribution in [0.3, 0.4) is 0 Å². The second-order valence-corrected chi connectivity index (χ2v) is 7.68. The molecule has 0 bridgehead atoms. The van der Waals surface area contributed by atoms with Crippen molar-refractivity contribution in [3.05, 3.63) is 28.8 Å². The Kier molecular flexibility index (Phi) is 3.45. The molecule has 2 rings (SSSR count). The molecule has 0 amide bonds. The Morgan fingerprint density at radius 2 is 1.58 bits per heavy atom. The fraction of sp³-hybridized carbons (Fsp3) is 0.533. The van der Waals surface area contributed by atoms with E-state index in [-0.39, 0.29) is 16.8 Å². The molecule has 101 valence electrons. The van der Waals surface area contributed by atoms with E-state index >= 15 is 0 Å². The van der Waals surface area contributed by atoms with Crippen LogP contribution in [0, 0.1) is 0 Å². The second-order valence-electron chi connectivity index (χ2n) is 7.02. The topological polar surface area (TPSA) is 35.5 Å². The molecule has 0 unspecified atom stereocenters. The van der Waals surface area contributed by atoms with Gasteiger partial charge in [0.25, 0.3) is 0 Å². The molecule has 1 aliphatic heterocycles. The highest BCUT2D eigenvalue weighted by Crippen LogP contribution is 2.39. The predicted octanol–water partition coefficient (Wildman–Crippen LogP) is 3.37. The van der Waals surface area contributed by atoms with E-state index in [1.165, 1.54) is 0 Å². The normalized spacial score (nSPS) is 15.2. The van der Waals surface area contributed by atoms with Crippen LogP contribution in [0.4, 0.5) is 0 Å². The lowest BCUT2D eigenvalue weighted by molar-refractivity contribution is 0.0697. The number of hydrogen-bond donors (Lipinski definition) is 0. The summed E-state index contributed by atoms with van der Waals surface area (Å²) in [5.41, 5.74) is 2.70. The van der Waals surface area contributed by atoms with Crippen molar-refractivity contribution >= 4 is 21.9 Å². The van der Waals surface area contributed by atoms with Gasteiger partial charge in [-0.3, -0.25) is 0 Å². The first-order chi connectivity index (χ1) is 8.60. The van der Waals surface area contributed by atoms with Crippen molar-refractivity contribution in [2.45, 2.75) is 52.4 Å². The van der Waals surface area contributed by atoms with Gasteiger partial charge in [0.1, 0.15) is 5.75 Å². The molecule has 0 fully saturated rings. The average Bonchev–Trinajstić information content (AvgIpc) is 2.25. The minimum atomic E-state index is -0.732. The molecule has 4 heteroatoms. The Morgan fingerprint density at radius 3 is 2.11 bits per heavy atom.